The van der Waals surface area contributed by atoms with E-state index in [0.717, 1.165) is 0 Å². The lowest BCUT2D eigenvalue weighted by Crippen LogP contribution is -2.34. The SMILES string of the molecule is CNc1ncccc1S(=O)(=O)NC(C)CCS(C)=O. The van der Waals surface area contributed by atoms with Gasteiger partial charge < -0.3 is 5.32 Å². The molecule has 1 heterocycles. The minimum Gasteiger partial charge on any atom is -0.372 e. The maximum Gasteiger partial charge on any atom is 0.244 e. The molecule has 2 atom stereocenters. The first-order valence-corrected chi connectivity index (χ1v) is 9.03. The van der Waals surface area contributed by atoms with Crippen molar-refractivity contribution in [2.24, 2.45) is 0 Å². The zero-order valence-corrected chi connectivity index (χ0v) is 12.8. The van der Waals surface area contributed by atoms with Gasteiger partial charge in [0, 0.05) is 42.1 Å². The molecule has 0 bridgehead atoms. The van der Waals surface area contributed by atoms with E-state index in [9.17, 15) is 12.6 Å². The Morgan fingerprint density at radius 3 is 2.74 bits per heavy atom. The third kappa shape index (κ3) is 4.88. The first kappa shape index (κ1) is 16.1. The van der Waals surface area contributed by atoms with Crippen molar-refractivity contribution in [3.8, 4) is 0 Å². The van der Waals surface area contributed by atoms with Crippen molar-refractivity contribution in [1.82, 2.24) is 9.71 Å². The van der Waals surface area contributed by atoms with Gasteiger partial charge in [-0.1, -0.05) is 0 Å². The van der Waals surface area contributed by atoms with Gasteiger partial charge in [0.25, 0.3) is 0 Å². The second-order valence-corrected chi connectivity index (χ2v) is 7.43. The zero-order chi connectivity index (χ0) is 14.5. The molecule has 108 valence electrons. The second-order valence-electron chi connectivity index (χ2n) is 4.19. The van der Waals surface area contributed by atoms with Crippen LogP contribution in [0.2, 0.25) is 0 Å². The standard InChI is InChI=1S/C11H19N3O3S2/c1-9(6-8-18(3)15)14-19(16,17)10-5-4-7-13-11(10)12-2/h4-5,7,9,14H,6,8H2,1-3H3,(H,12,13). The number of rotatable bonds is 7. The fourth-order valence-electron chi connectivity index (χ4n) is 1.53. The first-order valence-electron chi connectivity index (χ1n) is 5.82. The molecule has 6 nitrogen and oxygen atoms in total. The van der Waals surface area contributed by atoms with Crippen molar-refractivity contribution >= 4 is 26.6 Å². The smallest absolute Gasteiger partial charge is 0.244 e. The van der Waals surface area contributed by atoms with Crippen LogP contribution in [0.3, 0.4) is 0 Å². The predicted octanol–water partition coefficient (Wildman–Crippen LogP) is 0.559. The third-order valence-electron chi connectivity index (χ3n) is 2.49. The summed E-state index contributed by atoms with van der Waals surface area (Å²) in [5.41, 5.74) is 0. The van der Waals surface area contributed by atoms with E-state index >= 15 is 0 Å². The van der Waals surface area contributed by atoms with Gasteiger partial charge in [-0.2, -0.15) is 0 Å². The highest BCUT2D eigenvalue weighted by Gasteiger charge is 2.21. The third-order valence-corrected chi connectivity index (χ3v) is 4.92. The van der Waals surface area contributed by atoms with E-state index < -0.39 is 20.8 Å². The largest absolute Gasteiger partial charge is 0.372 e. The van der Waals surface area contributed by atoms with E-state index in [1.165, 1.54) is 12.3 Å². The highest BCUT2D eigenvalue weighted by atomic mass is 32.2. The van der Waals surface area contributed by atoms with E-state index in [2.05, 4.69) is 15.0 Å². The van der Waals surface area contributed by atoms with Crippen molar-refractivity contribution in [3.05, 3.63) is 18.3 Å². The molecular formula is C11H19N3O3S2. The Morgan fingerprint density at radius 1 is 1.47 bits per heavy atom. The number of hydrogen-bond donors (Lipinski definition) is 2. The summed E-state index contributed by atoms with van der Waals surface area (Å²) >= 11 is 0. The maximum atomic E-state index is 12.2. The van der Waals surface area contributed by atoms with E-state index in [0.29, 0.717) is 18.0 Å². The minimum absolute atomic E-state index is 0.113. The summed E-state index contributed by atoms with van der Waals surface area (Å²) in [5.74, 6) is 0.775. The molecule has 0 aromatic carbocycles. The summed E-state index contributed by atoms with van der Waals surface area (Å²) < 4.78 is 38.0. The molecule has 0 aliphatic heterocycles. The van der Waals surface area contributed by atoms with Crippen molar-refractivity contribution in [2.45, 2.75) is 24.3 Å². The fourth-order valence-corrected chi connectivity index (χ4v) is 3.65. The van der Waals surface area contributed by atoms with Crippen molar-refractivity contribution < 1.29 is 12.6 Å². The Labute approximate surface area is 116 Å². The van der Waals surface area contributed by atoms with Crippen LogP contribution in [-0.2, 0) is 20.8 Å². The van der Waals surface area contributed by atoms with Crippen molar-refractivity contribution in [2.75, 3.05) is 24.4 Å². The molecule has 0 radical (unpaired) electrons. The second kappa shape index (κ2) is 6.97. The molecule has 8 heteroatoms. The Kier molecular flexibility index (Phi) is 5.89. The molecule has 2 N–H and O–H groups in total. The summed E-state index contributed by atoms with van der Waals surface area (Å²) in [6, 6.07) is 2.78. The molecule has 0 spiro atoms. The molecule has 1 rings (SSSR count). The van der Waals surface area contributed by atoms with Gasteiger partial charge in [0.15, 0.2) is 0 Å². The molecule has 2 unspecified atom stereocenters. The molecule has 0 aliphatic carbocycles. The summed E-state index contributed by atoms with van der Waals surface area (Å²) in [6.45, 7) is 1.75. The highest BCUT2D eigenvalue weighted by Crippen LogP contribution is 2.17. The lowest BCUT2D eigenvalue weighted by Gasteiger charge is -2.15. The number of nitrogens with one attached hydrogen (secondary N) is 2. The van der Waals surface area contributed by atoms with E-state index in [4.69, 9.17) is 0 Å². The number of anilines is 1. The molecule has 0 amide bonds. The first-order chi connectivity index (χ1) is 8.86. The molecule has 1 aromatic rings. The Hall–Kier alpha value is -0.990. The summed E-state index contributed by atoms with van der Waals surface area (Å²) in [7, 11) is -2.93. The van der Waals surface area contributed by atoms with Crippen LogP contribution in [0.5, 0.6) is 0 Å². The van der Waals surface area contributed by atoms with Gasteiger partial charge in [0.2, 0.25) is 10.0 Å². The van der Waals surface area contributed by atoms with Crippen LogP contribution < -0.4 is 10.0 Å². The molecule has 1 aromatic heterocycles. The van der Waals surface area contributed by atoms with Gasteiger partial charge in [-0.3, -0.25) is 4.21 Å². The Bertz CT molecular complexity index is 546. The van der Waals surface area contributed by atoms with Crippen LogP contribution in [-0.4, -0.2) is 42.7 Å². The van der Waals surface area contributed by atoms with Crippen LogP contribution in [0.15, 0.2) is 23.2 Å². The molecule has 19 heavy (non-hydrogen) atoms. The normalized spacial score (nSPS) is 14.9. The summed E-state index contributed by atoms with van der Waals surface area (Å²) in [6.07, 6.45) is 3.65. The maximum absolute atomic E-state index is 12.2. The number of hydrogen-bond acceptors (Lipinski definition) is 5. The van der Waals surface area contributed by atoms with Gasteiger partial charge in [-0.05, 0) is 25.5 Å². The van der Waals surface area contributed by atoms with Gasteiger partial charge >= 0.3 is 0 Å². The van der Waals surface area contributed by atoms with Crippen molar-refractivity contribution in [1.29, 1.82) is 0 Å². The average Bonchev–Trinajstić information content (AvgIpc) is 2.35. The molecule has 0 saturated heterocycles. The van der Waals surface area contributed by atoms with Gasteiger partial charge in [0.05, 0.1) is 0 Å². The highest BCUT2D eigenvalue weighted by molar-refractivity contribution is 7.89. The topological polar surface area (TPSA) is 88.2 Å². The molecular weight excluding hydrogens is 286 g/mol. The number of nitrogens with zero attached hydrogens (tertiary/aromatic N) is 1. The van der Waals surface area contributed by atoms with Crippen LogP contribution in [0.25, 0.3) is 0 Å². The molecule has 0 fully saturated rings. The van der Waals surface area contributed by atoms with E-state index in [1.54, 1.807) is 26.3 Å². The van der Waals surface area contributed by atoms with Crippen LogP contribution in [0.4, 0.5) is 5.82 Å². The van der Waals surface area contributed by atoms with Crippen LogP contribution in [0, 0.1) is 0 Å². The zero-order valence-electron chi connectivity index (χ0n) is 11.2. The Morgan fingerprint density at radius 2 is 2.16 bits per heavy atom. The van der Waals surface area contributed by atoms with Gasteiger partial charge in [-0.25, -0.2) is 18.1 Å². The lowest BCUT2D eigenvalue weighted by molar-refractivity contribution is 0.556. The minimum atomic E-state index is -3.62. The average molecular weight is 305 g/mol. The fraction of sp³-hybridized carbons (Fsp3) is 0.545. The summed E-state index contributed by atoms with van der Waals surface area (Å²) in [4.78, 5) is 4.08. The summed E-state index contributed by atoms with van der Waals surface area (Å²) in [5, 5.41) is 2.75. The van der Waals surface area contributed by atoms with Crippen LogP contribution in [0.1, 0.15) is 13.3 Å². The van der Waals surface area contributed by atoms with E-state index in [1.807, 2.05) is 0 Å². The van der Waals surface area contributed by atoms with Gasteiger partial charge in [-0.15, -0.1) is 0 Å². The Balaban J connectivity index is 2.83. The van der Waals surface area contributed by atoms with Crippen LogP contribution >= 0.6 is 0 Å². The lowest BCUT2D eigenvalue weighted by atomic mass is 10.3. The number of aromatic nitrogens is 1. The number of pyridine rings is 1. The molecule has 0 saturated carbocycles. The molecule has 0 aliphatic rings. The monoisotopic (exact) mass is 305 g/mol. The van der Waals surface area contributed by atoms with E-state index in [-0.39, 0.29) is 10.9 Å². The quantitative estimate of drug-likeness (QED) is 0.768. The number of sulfonamides is 1. The van der Waals surface area contributed by atoms with Gasteiger partial charge in [0.1, 0.15) is 10.7 Å². The van der Waals surface area contributed by atoms with Crippen molar-refractivity contribution in [3.63, 3.8) is 0 Å². The predicted molar refractivity (Wildman–Crippen MR) is 77.1 cm³/mol.